The van der Waals surface area contributed by atoms with Gasteiger partial charge in [0.25, 0.3) is 5.91 Å². The number of hydrogen-bond donors (Lipinski definition) is 1. The molecule has 0 aliphatic heterocycles. The van der Waals surface area contributed by atoms with Crippen molar-refractivity contribution in [3.63, 3.8) is 0 Å². The summed E-state index contributed by atoms with van der Waals surface area (Å²) < 4.78 is 7.70. The number of aryl methyl sites for hydroxylation is 3. The van der Waals surface area contributed by atoms with E-state index < -0.39 is 0 Å². The fraction of sp³-hybridized carbons (Fsp3) is 0.333. The quantitative estimate of drug-likeness (QED) is 0.439. The summed E-state index contributed by atoms with van der Waals surface area (Å²) in [6, 6.07) is 12.2. The van der Waals surface area contributed by atoms with Gasteiger partial charge in [-0.15, -0.1) is 11.3 Å². The zero-order valence-corrected chi connectivity index (χ0v) is 18.5. The van der Waals surface area contributed by atoms with Gasteiger partial charge in [0.05, 0.1) is 17.7 Å². The molecule has 3 aromatic rings. The van der Waals surface area contributed by atoms with E-state index in [-0.39, 0.29) is 5.91 Å². The van der Waals surface area contributed by atoms with Crippen molar-refractivity contribution in [2.45, 2.75) is 46.5 Å². The van der Waals surface area contributed by atoms with Gasteiger partial charge in [-0.2, -0.15) is 5.10 Å². The first-order valence-electron chi connectivity index (χ1n) is 10.4. The van der Waals surface area contributed by atoms with E-state index in [1.165, 1.54) is 23.3 Å². The number of carbonyl (C=O) groups excluding carboxylic acids is 1. The van der Waals surface area contributed by atoms with Crippen LogP contribution in [-0.4, -0.2) is 23.3 Å². The van der Waals surface area contributed by atoms with Crippen LogP contribution in [0.15, 0.2) is 41.5 Å². The van der Waals surface area contributed by atoms with E-state index in [1.807, 2.05) is 37.3 Å². The monoisotopic (exact) mass is 421 g/mol. The minimum atomic E-state index is -0.133. The Morgan fingerprint density at radius 1 is 1.20 bits per heavy atom. The maximum absolute atomic E-state index is 12.5. The topological polar surface area (TPSA) is 55.6 Å². The van der Waals surface area contributed by atoms with Gasteiger partial charge >= 0.3 is 0 Å². The number of benzene rings is 1. The van der Waals surface area contributed by atoms with Gasteiger partial charge in [0.1, 0.15) is 5.75 Å². The number of rotatable bonds is 6. The molecule has 2 heterocycles. The Bertz CT molecular complexity index is 1050. The molecule has 0 unspecified atom stereocenters. The zero-order chi connectivity index (χ0) is 21.1. The molecule has 0 fully saturated rings. The Kier molecular flexibility index (Phi) is 6.04. The van der Waals surface area contributed by atoms with Gasteiger partial charge in [-0.1, -0.05) is 0 Å². The fourth-order valence-corrected chi connectivity index (χ4v) is 5.14. The number of nitrogens with one attached hydrogen (secondary N) is 1. The van der Waals surface area contributed by atoms with E-state index in [0.29, 0.717) is 6.61 Å². The third kappa shape index (κ3) is 4.19. The number of aromatic nitrogens is 1. The van der Waals surface area contributed by atoms with Crippen molar-refractivity contribution in [2.24, 2.45) is 5.10 Å². The molecule has 1 N–H and O–H groups in total. The smallest absolute Gasteiger partial charge is 0.281 e. The summed E-state index contributed by atoms with van der Waals surface area (Å²) in [6.45, 7) is 6.75. The average Bonchev–Trinajstić information content (AvgIpc) is 3.30. The molecule has 1 aliphatic carbocycles. The van der Waals surface area contributed by atoms with Crippen molar-refractivity contribution in [1.29, 1.82) is 0 Å². The van der Waals surface area contributed by atoms with Gasteiger partial charge < -0.3 is 9.30 Å². The van der Waals surface area contributed by atoms with Crippen LogP contribution in [0.5, 0.6) is 5.75 Å². The molecular weight excluding hydrogens is 394 g/mol. The number of hydrogen-bond acceptors (Lipinski definition) is 4. The van der Waals surface area contributed by atoms with Gasteiger partial charge in [0.15, 0.2) is 0 Å². The maximum Gasteiger partial charge on any atom is 0.281 e. The van der Waals surface area contributed by atoms with Crippen molar-refractivity contribution in [3.8, 4) is 11.4 Å². The van der Waals surface area contributed by atoms with E-state index >= 15 is 0 Å². The average molecular weight is 422 g/mol. The first-order valence-corrected chi connectivity index (χ1v) is 11.3. The second kappa shape index (κ2) is 8.88. The van der Waals surface area contributed by atoms with Crippen molar-refractivity contribution >= 4 is 23.5 Å². The van der Waals surface area contributed by atoms with Crippen LogP contribution in [0, 0.1) is 13.8 Å². The molecule has 6 heteroatoms. The molecule has 30 heavy (non-hydrogen) atoms. The lowest BCUT2D eigenvalue weighted by atomic mass is 9.99. The van der Waals surface area contributed by atoms with Crippen molar-refractivity contribution in [1.82, 2.24) is 9.99 Å². The van der Waals surface area contributed by atoms with Crippen molar-refractivity contribution in [2.75, 3.05) is 6.61 Å². The van der Waals surface area contributed by atoms with Crippen LogP contribution in [0.25, 0.3) is 5.69 Å². The predicted octanol–water partition coefficient (Wildman–Crippen LogP) is 5.20. The Labute approximate surface area is 181 Å². The number of hydrazone groups is 1. The highest BCUT2D eigenvalue weighted by Gasteiger charge is 2.17. The summed E-state index contributed by atoms with van der Waals surface area (Å²) in [5.41, 5.74) is 8.25. The summed E-state index contributed by atoms with van der Waals surface area (Å²) in [7, 11) is 0. The first-order chi connectivity index (χ1) is 14.6. The van der Waals surface area contributed by atoms with E-state index in [2.05, 4.69) is 35.0 Å². The molecule has 0 saturated heterocycles. The van der Waals surface area contributed by atoms with Crippen molar-refractivity contribution < 1.29 is 9.53 Å². The lowest BCUT2D eigenvalue weighted by molar-refractivity contribution is 0.0959. The summed E-state index contributed by atoms with van der Waals surface area (Å²) in [4.78, 5) is 14.6. The molecule has 4 rings (SSSR count). The SMILES string of the molecule is CCOc1ccc(-n2c(C)cc(/C=N/NC(=O)c3cc4c(s3)CCCC4)c2C)cc1. The third-order valence-corrected chi connectivity index (χ3v) is 6.70. The summed E-state index contributed by atoms with van der Waals surface area (Å²) >= 11 is 1.60. The fourth-order valence-electron chi connectivity index (χ4n) is 3.99. The Hall–Kier alpha value is -2.86. The standard InChI is InChI=1S/C24H27N3O2S/c1-4-29-21-11-9-20(10-12-21)27-16(2)13-19(17(27)3)15-25-26-24(28)23-14-18-7-5-6-8-22(18)30-23/h9-15H,4-8H2,1-3H3,(H,26,28)/b25-15+. The predicted molar refractivity (Wildman–Crippen MR) is 122 cm³/mol. The lowest BCUT2D eigenvalue weighted by Crippen LogP contribution is -2.16. The first kappa shape index (κ1) is 20.4. The maximum atomic E-state index is 12.5. The Balaban J connectivity index is 1.47. The molecule has 0 radical (unpaired) electrons. The second-order valence-electron chi connectivity index (χ2n) is 7.55. The number of amides is 1. The largest absolute Gasteiger partial charge is 0.494 e. The van der Waals surface area contributed by atoms with Crippen LogP contribution in [0.1, 0.15) is 56.8 Å². The van der Waals surface area contributed by atoms with Gasteiger partial charge in [0.2, 0.25) is 0 Å². The Morgan fingerprint density at radius 2 is 1.97 bits per heavy atom. The van der Waals surface area contributed by atoms with Crippen LogP contribution in [0.3, 0.4) is 0 Å². The van der Waals surface area contributed by atoms with Gasteiger partial charge in [0, 0.05) is 27.5 Å². The number of carbonyl (C=O) groups is 1. The highest BCUT2D eigenvalue weighted by molar-refractivity contribution is 7.14. The minimum Gasteiger partial charge on any atom is -0.494 e. The molecule has 0 spiro atoms. The van der Waals surface area contributed by atoms with Gasteiger partial charge in [-0.25, -0.2) is 5.43 Å². The number of nitrogens with zero attached hydrogens (tertiary/aromatic N) is 2. The van der Waals surface area contributed by atoms with Crippen molar-refractivity contribution in [3.05, 3.63) is 68.7 Å². The third-order valence-electron chi connectivity index (χ3n) is 5.47. The molecule has 156 valence electrons. The van der Waals surface area contributed by atoms with Crippen LogP contribution in [0.2, 0.25) is 0 Å². The highest BCUT2D eigenvalue weighted by atomic mass is 32.1. The van der Waals surface area contributed by atoms with E-state index in [1.54, 1.807) is 17.6 Å². The van der Waals surface area contributed by atoms with Crippen LogP contribution >= 0.6 is 11.3 Å². The van der Waals surface area contributed by atoms with Gasteiger partial charge in [-0.05, 0) is 88.4 Å². The summed E-state index contributed by atoms with van der Waals surface area (Å²) in [5, 5.41) is 4.22. The van der Waals surface area contributed by atoms with E-state index in [0.717, 1.165) is 46.1 Å². The van der Waals surface area contributed by atoms with Crippen LogP contribution < -0.4 is 10.2 Å². The normalized spacial score (nSPS) is 13.4. The van der Waals surface area contributed by atoms with Gasteiger partial charge in [-0.3, -0.25) is 4.79 Å². The lowest BCUT2D eigenvalue weighted by Gasteiger charge is -2.10. The van der Waals surface area contributed by atoms with Crippen LogP contribution in [0.4, 0.5) is 0 Å². The highest BCUT2D eigenvalue weighted by Crippen LogP contribution is 2.29. The van der Waals surface area contributed by atoms with E-state index in [4.69, 9.17) is 4.74 Å². The zero-order valence-electron chi connectivity index (χ0n) is 17.7. The van der Waals surface area contributed by atoms with E-state index in [9.17, 15) is 4.79 Å². The molecule has 1 aromatic carbocycles. The molecule has 2 aromatic heterocycles. The molecular formula is C24H27N3O2S. The number of fused-ring (bicyclic) bond motifs is 1. The summed E-state index contributed by atoms with van der Waals surface area (Å²) in [5.74, 6) is 0.731. The minimum absolute atomic E-state index is 0.133. The van der Waals surface area contributed by atoms with Crippen LogP contribution in [-0.2, 0) is 12.8 Å². The number of thiophene rings is 1. The molecule has 0 bridgehead atoms. The number of ether oxygens (including phenoxy) is 1. The Morgan fingerprint density at radius 3 is 2.70 bits per heavy atom. The summed E-state index contributed by atoms with van der Waals surface area (Å²) in [6.07, 6.45) is 6.33. The molecule has 1 amide bonds. The molecule has 1 aliphatic rings. The molecule has 0 saturated carbocycles. The second-order valence-corrected chi connectivity index (χ2v) is 8.69. The molecule has 0 atom stereocenters. The molecule has 5 nitrogen and oxygen atoms in total.